The third kappa shape index (κ3) is 4.71. The monoisotopic (exact) mass is 182 g/mol. The second-order valence-corrected chi connectivity index (χ2v) is 4.57. The van der Waals surface area contributed by atoms with Gasteiger partial charge in [-0.1, -0.05) is 5.57 Å². The molecule has 0 aliphatic rings. The minimum absolute atomic E-state index is 0.0750. The SMILES string of the molecule is CN=C(NC(C)(C)C)C(C)=C(C)C. The molecule has 0 aromatic carbocycles. The van der Waals surface area contributed by atoms with Gasteiger partial charge in [0.2, 0.25) is 0 Å². The Labute approximate surface area is 82.1 Å². The van der Waals surface area contributed by atoms with E-state index in [1.54, 1.807) is 0 Å². The molecule has 0 unspecified atom stereocenters. The minimum Gasteiger partial charge on any atom is -0.366 e. The van der Waals surface area contributed by atoms with Crippen molar-refractivity contribution in [2.45, 2.75) is 47.1 Å². The largest absolute Gasteiger partial charge is 0.366 e. The van der Waals surface area contributed by atoms with E-state index in [0.717, 1.165) is 5.84 Å². The molecule has 76 valence electrons. The Morgan fingerprint density at radius 1 is 1.08 bits per heavy atom. The molecular weight excluding hydrogens is 160 g/mol. The number of allylic oxidation sites excluding steroid dienone is 1. The Morgan fingerprint density at radius 2 is 1.54 bits per heavy atom. The highest BCUT2D eigenvalue weighted by atomic mass is 15.0. The van der Waals surface area contributed by atoms with Crippen LogP contribution in [0.3, 0.4) is 0 Å². The van der Waals surface area contributed by atoms with Gasteiger partial charge >= 0.3 is 0 Å². The summed E-state index contributed by atoms with van der Waals surface area (Å²) in [7, 11) is 1.82. The Morgan fingerprint density at radius 3 is 1.77 bits per heavy atom. The van der Waals surface area contributed by atoms with Crippen LogP contribution in [-0.4, -0.2) is 18.4 Å². The lowest BCUT2D eigenvalue weighted by Crippen LogP contribution is -2.41. The zero-order chi connectivity index (χ0) is 10.6. The average Bonchev–Trinajstić information content (AvgIpc) is 1.97. The highest BCUT2D eigenvalue weighted by Gasteiger charge is 2.13. The van der Waals surface area contributed by atoms with Crippen LogP contribution in [0.4, 0.5) is 0 Å². The number of nitrogens with zero attached hydrogens (tertiary/aromatic N) is 1. The van der Waals surface area contributed by atoms with Gasteiger partial charge in [0.05, 0.1) is 0 Å². The van der Waals surface area contributed by atoms with Crippen molar-refractivity contribution in [3.05, 3.63) is 11.1 Å². The number of hydrogen-bond acceptors (Lipinski definition) is 1. The summed E-state index contributed by atoms with van der Waals surface area (Å²) in [6, 6.07) is 0. The van der Waals surface area contributed by atoms with Gasteiger partial charge in [-0.15, -0.1) is 0 Å². The van der Waals surface area contributed by atoms with Gasteiger partial charge in [-0.25, -0.2) is 0 Å². The van der Waals surface area contributed by atoms with Crippen molar-refractivity contribution in [3.63, 3.8) is 0 Å². The second-order valence-electron chi connectivity index (χ2n) is 4.57. The number of amidine groups is 1. The van der Waals surface area contributed by atoms with Gasteiger partial charge in [0.1, 0.15) is 5.84 Å². The summed E-state index contributed by atoms with van der Waals surface area (Å²) in [5, 5.41) is 3.38. The first kappa shape index (κ1) is 12.2. The molecule has 0 saturated carbocycles. The molecule has 0 heterocycles. The van der Waals surface area contributed by atoms with E-state index in [9.17, 15) is 0 Å². The van der Waals surface area contributed by atoms with Crippen LogP contribution in [0.1, 0.15) is 41.5 Å². The first-order valence-corrected chi connectivity index (χ1v) is 4.67. The molecule has 0 aromatic heterocycles. The quantitative estimate of drug-likeness (QED) is 0.489. The molecule has 0 bridgehead atoms. The standard InChI is InChI=1S/C11H22N2/c1-8(2)9(3)10(12-7)13-11(4,5)6/h1-7H3,(H,12,13). The van der Waals surface area contributed by atoms with Crippen LogP contribution in [-0.2, 0) is 0 Å². The van der Waals surface area contributed by atoms with E-state index < -0.39 is 0 Å². The van der Waals surface area contributed by atoms with E-state index in [2.05, 4.69) is 51.9 Å². The molecule has 1 N–H and O–H groups in total. The minimum atomic E-state index is 0.0750. The number of nitrogens with one attached hydrogen (secondary N) is 1. The van der Waals surface area contributed by atoms with Crippen molar-refractivity contribution >= 4 is 5.84 Å². The summed E-state index contributed by atoms with van der Waals surface area (Å²) >= 11 is 0. The smallest absolute Gasteiger partial charge is 0.123 e. The summed E-state index contributed by atoms with van der Waals surface area (Å²) in [6.45, 7) is 12.7. The first-order chi connectivity index (χ1) is 5.78. The van der Waals surface area contributed by atoms with E-state index >= 15 is 0 Å². The summed E-state index contributed by atoms with van der Waals surface area (Å²) in [5.74, 6) is 0.993. The van der Waals surface area contributed by atoms with E-state index in [1.165, 1.54) is 11.1 Å². The van der Waals surface area contributed by atoms with Crippen LogP contribution in [0.5, 0.6) is 0 Å². The predicted octanol–water partition coefficient (Wildman–Crippen LogP) is 2.76. The lowest BCUT2D eigenvalue weighted by atomic mass is 10.1. The second kappa shape index (κ2) is 4.45. The zero-order valence-electron chi connectivity index (χ0n) is 9.95. The fourth-order valence-electron chi connectivity index (χ4n) is 0.909. The Bertz CT molecular complexity index is 225. The Hall–Kier alpha value is -0.790. The maximum atomic E-state index is 4.24. The van der Waals surface area contributed by atoms with Gasteiger partial charge in [-0.05, 0) is 47.1 Å². The van der Waals surface area contributed by atoms with Crippen molar-refractivity contribution in [1.82, 2.24) is 5.32 Å². The van der Waals surface area contributed by atoms with E-state index in [0.29, 0.717) is 0 Å². The van der Waals surface area contributed by atoms with Gasteiger partial charge in [0, 0.05) is 12.6 Å². The van der Waals surface area contributed by atoms with Crippen LogP contribution in [0.2, 0.25) is 0 Å². The van der Waals surface area contributed by atoms with E-state index in [4.69, 9.17) is 0 Å². The summed E-state index contributed by atoms with van der Waals surface area (Å²) < 4.78 is 0. The summed E-state index contributed by atoms with van der Waals surface area (Å²) in [5.41, 5.74) is 2.61. The predicted molar refractivity (Wildman–Crippen MR) is 60.3 cm³/mol. The fraction of sp³-hybridized carbons (Fsp3) is 0.727. The zero-order valence-corrected chi connectivity index (χ0v) is 9.95. The molecule has 0 rings (SSSR count). The van der Waals surface area contributed by atoms with Crippen molar-refractivity contribution in [1.29, 1.82) is 0 Å². The topological polar surface area (TPSA) is 24.4 Å². The molecule has 0 aromatic rings. The molecule has 0 amide bonds. The molecule has 0 spiro atoms. The third-order valence-corrected chi connectivity index (χ3v) is 1.82. The molecule has 2 heteroatoms. The van der Waals surface area contributed by atoms with Crippen molar-refractivity contribution in [3.8, 4) is 0 Å². The van der Waals surface area contributed by atoms with Crippen LogP contribution >= 0.6 is 0 Å². The van der Waals surface area contributed by atoms with Crippen molar-refractivity contribution < 1.29 is 0 Å². The molecule has 0 fully saturated rings. The molecule has 0 atom stereocenters. The molecule has 0 radical (unpaired) electrons. The van der Waals surface area contributed by atoms with E-state index in [-0.39, 0.29) is 5.54 Å². The van der Waals surface area contributed by atoms with Gasteiger partial charge in [-0.3, -0.25) is 4.99 Å². The summed E-state index contributed by atoms with van der Waals surface area (Å²) in [6.07, 6.45) is 0. The highest BCUT2D eigenvalue weighted by molar-refractivity contribution is 5.98. The molecular formula is C11H22N2. The average molecular weight is 182 g/mol. The summed E-state index contributed by atoms with van der Waals surface area (Å²) in [4.78, 5) is 4.24. The van der Waals surface area contributed by atoms with Crippen molar-refractivity contribution in [2.75, 3.05) is 7.05 Å². The first-order valence-electron chi connectivity index (χ1n) is 4.67. The van der Waals surface area contributed by atoms with Gasteiger partial charge in [-0.2, -0.15) is 0 Å². The van der Waals surface area contributed by atoms with Gasteiger partial charge < -0.3 is 5.32 Å². The lowest BCUT2D eigenvalue weighted by molar-refractivity contribution is 0.511. The molecule has 0 aliphatic heterocycles. The fourth-order valence-corrected chi connectivity index (χ4v) is 0.909. The molecule has 0 saturated heterocycles. The molecule has 0 aliphatic carbocycles. The molecule has 13 heavy (non-hydrogen) atoms. The maximum Gasteiger partial charge on any atom is 0.123 e. The maximum absolute atomic E-state index is 4.24. The van der Waals surface area contributed by atoms with Gasteiger partial charge in [0.15, 0.2) is 0 Å². The van der Waals surface area contributed by atoms with Crippen LogP contribution < -0.4 is 5.32 Å². The highest BCUT2D eigenvalue weighted by Crippen LogP contribution is 2.07. The van der Waals surface area contributed by atoms with Crippen LogP contribution in [0, 0.1) is 0 Å². The normalized spacial score (nSPS) is 12.7. The number of rotatable bonds is 1. The molecule has 2 nitrogen and oxygen atoms in total. The van der Waals surface area contributed by atoms with Crippen LogP contribution in [0.15, 0.2) is 16.1 Å². The van der Waals surface area contributed by atoms with Crippen LogP contribution in [0.25, 0.3) is 0 Å². The third-order valence-electron chi connectivity index (χ3n) is 1.82. The van der Waals surface area contributed by atoms with E-state index in [1.807, 2.05) is 7.05 Å². The van der Waals surface area contributed by atoms with Crippen molar-refractivity contribution in [2.24, 2.45) is 4.99 Å². The Balaban J connectivity index is 4.68. The number of aliphatic imine (C=N–C) groups is 1. The Kier molecular flexibility index (Phi) is 4.18. The number of hydrogen-bond donors (Lipinski definition) is 1. The lowest BCUT2D eigenvalue weighted by Gasteiger charge is -2.24. The van der Waals surface area contributed by atoms with Gasteiger partial charge in [0.25, 0.3) is 0 Å².